The van der Waals surface area contributed by atoms with Crippen LogP contribution in [0, 0.1) is 0 Å². The van der Waals surface area contributed by atoms with E-state index in [1.54, 1.807) is 0 Å². The van der Waals surface area contributed by atoms with Crippen LogP contribution in [-0.2, 0) is 0 Å². The zero-order chi connectivity index (χ0) is 41.2. The van der Waals surface area contributed by atoms with Crippen molar-refractivity contribution in [3.63, 3.8) is 0 Å². The highest BCUT2D eigenvalue weighted by molar-refractivity contribution is 6.42. The first kappa shape index (κ1) is 34.3. The quantitative estimate of drug-likeness (QED) is 0.158. The van der Waals surface area contributed by atoms with Crippen LogP contribution in [0.25, 0.3) is 109 Å². The Kier molecular flexibility index (Phi) is 7.11. The summed E-state index contributed by atoms with van der Waals surface area (Å²) in [5.74, 6) is 0. The summed E-state index contributed by atoms with van der Waals surface area (Å²) in [5, 5.41) is 14.1. The van der Waals surface area contributed by atoms with Crippen LogP contribution in [0.4, 0.5) is 17.1 Å². The predicted molar refractivity (Wildman–Crippen MR) is 268 cm³/mol. The lowest BCUT2D eigenvalue weighted by molar-refractivity contribution is 1.28. The van der Waals surface area contributed by atoms with Crippen LogP contribution in [0.2, 0.25) is 0 Å². The minimum absolute atomic E-state index is 1.10. The van der Waals surface area contributed by atoms with E-state index in [9.17, 15) is 0 Å². The van der Waals surface area contributed by atoms with E-state index in [2.05, 4.69) is 238 Å². The molecule has 0 saturated carbocycles. The van der Waals surface area contributed by atoms with Gasteiger partial charge in [-0.3, -0.25) is 8.80 Å². The predicted octanol–water partition coefficient (Wildman–Crippen LogP) is 16.5. The molecular formula is C60H37N3. The Bertz CT molecular complexity index is 4020. The number of benzene rings is 11. The lowest BCUT2D eigenvalue weighted by Gasteiger charge is -2.26. The van der Waals surface area contributed by atoms with Crippen molar-refractivity contribution >= 4 is 104 Å². The van der Waals surface area contributed by atoms with E-state index >= 15 is 0 Å². The van der Waals surface area contributed by atoms with Crippen molar-refractivity contribution in [2.24, 2.45) is 0 Å². The van der Waals surface area contributed by atoms with Gasteiger partial charge < -0.3 is 4.90 Å². The molecule has 0 aliphatic rings. The minimum Gasteiger partial charge on any atom is -0.310 e. The van der Waals surface area contributed by atoms with Crippen LogP contribution in [0.5, 0.6) is 0 Å². The molecule has 0 amide bonds. The molecule has 0 bridgehead atoms. The molecule has 63 heavy (non-hydrogen) atoms. The maximum atomic E-state index is 2.59. The summed E-state index contributed by atoms with van der Waals surface area (Å²) in [6.07, 6.45) is 0. The van der Waals surface area contributed by atoms with Gasteiger partial charge in [0.1, 0.15) is 5.65 Å². The van der Waals surface area contributed by atoms with E-state index in [-0.39, 0.29) is 0 Å². The first-order chi connectivity index (χ1) is 31.3. The minimum atomic E-state index is 1.10. The summed E-state index contributed by atoms with van der Waals surface area (Å²) in [6.45, 7) is 0. The monoisotopic (exact) mass is 799 g/mol. The highest BCUT2D eigenvalue weighted by atomic mass is 15.2. The van der Waals surface area contributed by atoms with Crippen molar-refractivity contribution in [1.82, 2.24) is 8.80 Å². The molecule has 0 aliphatic heterocycles. The van der Waals surface area contributed by atoms with Gasteiger partial charge in [0.15, 0.2) is 0 Å². The Labute approximate surface area is 362 Å². The number of aromatic nitrogens is 2. The van der Waals surface area contributed by atoms with Gasteiger partial charge in [-0.1, -0.05) is 182 Å². The molecule has 0 spiro atoms. The highest BCUT2D eigenvalue weighted by Crippen LogP contribution is 2.51. The maximum Gasteiger partial charge on any atom is 0.131 e. The summed E-state index contributed by atoms with van der Waals surface area (Å²) in [6, 6.07) is 82.4. The van der Waals surface area contributed by atoms with Crippen LogP contribution in [-0.4, -0.2) is 8.80 Å². The molecule has 0 atom stereocenters. The molecule has 292 valence electrons. The fraction of sp³-hybridized carbons (Fsp3) is 0. The molecule has 3 aromatic heterocycles. The fourth-order valence-electron chi connectivity index (χ4n) is 10.9. The standard InChI is InChI=1S/C60H37N3/c1-3-15-38(16-4-1)40-27-31-42(32-28-40)61(43-33-29-41(30-34-43)39-17-5-2-6-18-39)44-35-36-53-54(37-44)63-59-52-26-14-10-22-48(52)46-20-8-12-24-50(46)56(59)57-55-49-23-11-7-19-45(49)47-21-9-13-25-51(47)58(55)62(53)60(57)63/h1-37H. The Balaban J connectivity index is 1.12. The summed E-state index contributed by atoms with van der Waals surface area (Å²) in [4.78, 5) is 2.41. The number of imidazole rings is 1. The fourth-order valence-corrected chi connectivity index (χ4v) is 10.9. The van der Waals surface area contributed by atoms with Crippen LogP contribution in [0.3, 0.4) is 0 Å². The first-order valence-corrected chi connectivity index (χ1v) is 21.8. The topological polar surface area (TPSA) is 12.1 Å². The first-order valence-electron chi connectivity index (χ1n) is 21.8. The van der Waals surface area contributed by atoms with Gasteiger partial charge in [-0.25, -0.2) is 0 Å². The van der Waals surface area contributed by atoms with E-state index in [0.29, 0.717) is 0 Å². The van der Waals surface area contributed by atoms with Gasteiger partial charge in [0, 0.05) is 44.0 Å². The molecule has 0 unspecified atom stereocenters. The van der Waals surface area contributed by atoms with E-state index < -0.39 is 0 Å². The molecule has 3 nitrogen and oxygen atoms in total. The van der Waals surface area contributed by atoms with Crippen LogP contribution < -0.4 is 4.90 Å². The third kappa shape index (κ3) is 4.79. The van der Waals surface area contributed by atoms with E-state index in [1.807, 2.05) is 0 Å². The van der Waals surface area contributed by atoms with E-state index in [1.165, 1.54) is 109 Å². The molecule has 0 N–H and O–H groups in total. The van der Waals surface area contributed by atoms with Gasteiger partial charge in [-0.15, -0.1) is 0 Å². The smallest absolute Gasteiger partial charge is 0.131 e. The van der Waals surface area contributed by atoms with Crippen molar-refractivity contribution in [3.05, 3.63) is 224 Å². The number of rotatable bonds is 5. The lowest BCUT2D eigenvalue weighted by Crippen LogP contribution is -2.10. The van der Waals surface area contributed by atoms with Crippen molar-refractivity contribution < 1.29 is 0 Å². The number of fused-ring (bicyclic) bond motifs is 19. The average Bonchev–Trinajstić information content (AvgIpc) is 4.01. The van der Waals surface area contributed by atoms with Gasteiger partial charge >= 0.3 is 0 Å². The molecule has 0 fully saturated rings. The number of hydrogen-bond acceptors (Lipinski definition) is 1. The van der Waals surface area contributed by atoms with E-state index in [4.69, 9.17) is 0 Å². The van der Waals surface area contributed by atoms with E-state index in [0.717, 1.165) is 17.1 Å². The molecule has 11 aromatic carbocycles. The SMILES string of the molecule is c1ccc(-c2ccc(N(c3ccc(-c4ccccc4)cc3)c3ccc4c(c3)n3c5c6ccccc6c6ccccc6c5c5c6c7ccccc7c7ccccc7c6n4c53)cc2)cc1. The molecule has 3 heteroatoms. The van der Waals surface area contributed by atoms with Crippen LogP contribution >= 0.6 is 0 Å². The zero-order valence-corrected chi connectivity index (χ0v) is 34.2. The van der Waals surface area contributed by atoms with Crippen molar-refractivity contribution in [2.45, 2.75) is 0 Å². The van der Waals surface area contributed by atoms with Gasteiger partial charge in [-0.2, -0.15) is 0 Å². The van der Waals surface area contributed by atoms with Gasteiger partial charge in [0.05, 0.1) is 22.1 Å². The highest BCUT2D eigenvalue weighted by Gasteiger charge is 2.29. The second-order valence-corrected chi connectivity index (χ2v) is 16.8. The number of hydrogen-bond donors (Lipinski definition) is 0. The summed E-state index contributed by atoms with van der Waals surface area (Å²) < 4.78 is 5.17. The number of nitrogens with zero attached hydrogens (tertiary/aromatic N) is 3. The lowest BCUT2D eigenvalue weighted by atomic mass is 9.94. The molecule has 0 radical (unpaired) electrons. The molecular weight excluding hydrogens is 763 g/mol. The zero-order valence-electron chi connectivity index (χ0n) is 34.2. The normalized spacial score (nSPS) is 12.1. The Morgan fingerprint density at radius 2 is 0.603 bits per heavy atom. The molecule has 14 rings (SSSR count). The Morgan fingerprint density at radius 3 is 1.06 bits per heavy atom. The Morgan fingerprint density at radius 1 is 0.254 bits per heavy atom. The molecule has 14 aromatic rings. The Hall–Kier alpha value is -8.40. The average molecular weight is 800 g/mol. The van der Waals surface area contributed by atoms with Crippen molar-refractivity contribution in [2.75, 3.05) is 4.90 Å². The summed E-state index contributed by atoms with van der Waals surface area (Å²) >= 11 is 0. The van der Waals surface area contributed by atoms with Crippen molar-refractivity contribution in [1.29, 1.82) is 0 Å². The van der Waals surface area contributed by atoms with Crippen LogP contribution in [0.1, 0.15) is 0 Å². The largest absolute Gasteiger partial charge is 0.310 e. The van der Waals surface area contributed by atoms with Gasteiger partial charge in [0.2, 0.25) is 0 Å². The third-order valence-corrected chi connectivity index (χ3v) is 13.6. The van der Waals surface area contributed by atoms with Crippen molar-refractivity contribution in [3.8, 4) is 22.3 Å². The van der Waals surface area contributed by atoms with Gasteiger partial charge in [-0.05, 0) is 97.0 Å². The second kappa shape index (κ2) is 13.1. The summed E-state index contributed by atoms with van der Waals surface area (Å²) in [7, 11) is 0. The number of anilines is 3. The van der Waals surface area contributed by atoms with Crippen LogP contribution in [0.15, 0.2) is 224 Å². The second-order valence-electron chi connectivity index (χ2n) is 16.8. The molecule has 0 saturated heterocycles. The van der Waals surface area contributed by atoms with Gasteiger partial charge in [0.25, 0.3) is 0 Å². The molecule has 3 heterocycles. The maximum absolute atomic E-state index is 2.59. The molecule has 0 aliphatic carbocycles. The third-order valence-electron chi connectivity index (χ3n) is 13.6. The summed E-state index contributed by atoms with van der Waals surface area (Å²) in [5.41, 5.74) is 14.2.